The van der Waals surface area contributed by atoms with E-state index in [0.717, 1.165) is 5.56 Å². The average Bonchev–Trinajstić information content (AvgIpc) is 2.73. The lowest BCUT2D eigenvalue weighted by Gasteiger charge is -2.15. The predicted octanol–water partition coefficient (Wildman–Crippen LogP) is 3.14. The summed E-state index contributed by atoms with van der Waals surface area (Å²) in [6.07, 6.45) is 0. The summed E-state index contributed by atoms with van der Waals surface area (Å²) in [5.41, 5.74) is 0.523. The fourth-order valence-electron chi connectivity index (χ4n) is 3.43. The molecule has 7 heteroatoms. The summed E-state index contributed by atoms with van der Waals surface area (Å²) in [4.78, 5) is 25.8. The molecule has 148 valence electrons. The van der Waals surface area contributed by atoms with Crippen LogP contribution in [-0.2, 0) is 11.3 Å². The molecule has 0 amide bonds. The van der Waals surface area contributed by atoms with Gasteiger partial charge in [-0.3, -0.25) is 4.79 Å². The predicted molar refractivity (Wildman–Crippen MR) is 110 cm³/mol. The highest BCUT2D eigenvalue weighted by atomic mass is 16.5. The Bertz CT molecular complexity index is 1320. The molecule has 7 nitrogen and oxygen atoms in total. The maximum absolute atomic E-state index is 13.3. The van der Waals surface area contributed by atoms with Gasteiger partial charge >= 0.3 is 5.63 Å². The van der Waals surface area contributed by atoms with Gasteiger partial charge in [0.25, 0.3) is 5.56 Å². The maximum Gasteiger partial charge on any atom is 0.349 e. The molecule has 0 saturated heterocycles. The lowest BCUT2D eigenvalue weighted by molar-refractivity contribution is 0.187. The standard InChI is InChI=1S/C22H19NO6/c1-27-10-9-23-18(13-3-6-15(28-2)7-4-13)12-17-16-11-14(24)5-8-19(16)29-22(26)20(17)21(23)25/h3-8,11-12,24H,9-10H2,1-2H3. The van der Waals surface area contributed by atoms with Crippen molar-refractivity contribution in [2.24, 2.45) is 0 Å². The van der Waals surface area contributed by atoms with E-state index >= 15 is 0 Å². The van der Waals surface area contributed by atoms with Crippen LogP contribution in [-0.4, -0.2) is 30.5 Å². The second-order valence-corrected chi connectivity index (χ2v) is 6.57. The number of aromatic hydroxyl groups is 1. The molecule has 4 aromatic rings. The van der Waals surface area contributed by atoms with Crippen LogP contribution in [0.3, 0.4) is 0 Å². The van der Waals surface area contributed by atoms with Crippen LogP contribution in [0.5, 0.6) is 11.5 Å². The Kier molecular flexibility index (Phi) is 4.82. The van der Waals surface area contributed by atoms with Crippen molar-refractivity contribution >= 4 is 21.7 Å². The third-order valence-corrected chi connectivity index (χ3v) is 4.87. The SMILES string of the molecule is COCCn1c(-c2ccc(OC)cc2)cc2c(c(=O)oc3ccc(O)cc32)c1=O. The zero-order valence-electron chi connectivity index (χ0n) is 16.0. The second kappa shape index (κ2) is 7.44. The fourth-order valence-corrected chi connectivity index (χ4v) is 3.43. The van der Waals surface area contributed by atoms with Gasteiger partial charge in [0.15, 0.2) is 0 Å². The quantitative estimate of drug-likeness (QED) is 0.414. The number of phenolic OH excluding ortho intramolecular Hbond substituents is 1. The summed E-state index contributed by atoms with van der Waals surface area (Å²) >= 11 is 0. The van der Waals surface area contributed by atoms with Gasteiger partial charge in [-0.2, -0.15) is 0 Å². The molecule has 0 fully saturated rings. The van der Waals surface area contributed by atoms with E-state index in [1.807, 2.05) is 12.1 Å². The van der Waals surface area contributed by atoms with Crippen molar-refractivity contribution < 1.29 is 19.0 Å². The first-order valence-electron chi connectivity index (χ1n) is 9.00. The van der Waals surface area contributed by atoms with Crippen LogP contribution in [0.2, 0.25) is 0 Å². The molecule has 1 N–H and O–H groups in total. The molecule has 4 rings (SSSR count). The van der Waals surface area contributed by atoms with E-state index in [9.17, 15) is 14.7 Å². The molecule has 2 aromatic heterocycles. The Morgan fingerprint density at radius 1 is 1.00 bits per heavy atom. The molecule has 0 aliphatic heterocycles. The summed E-state index contributed by atoms with van der Waals surface area (Å²) in [5.74, 6) is 0.707. The van der Waals surface area contributed by atoms with Gasteiger partial charge in [0.2, 0.25) is 0 Å². The maximum atomic E-state index is 13.3. The molecule has 0 unspecified atom stereocenters. The smallest absolute Gasteiger partial charge is 0.349 e. The van der Waals surface area contributed by atoms with Crippen molar-refractivity contribution in [3.63, 3.8) is 0 Å². The van der Waals surface area contributed by atoms with Crippen LogP contribution in [0.15, 0.2) is 62.5 Å². The number of pyridine rings is 1. The summed E-state index contributed by atoms with van der Waals surface area (Å²) < 4.78 is 17.2. The minimum absolute atomic E-state index is 0.0159. The Morgan fingerprint density at radius 2 is 1.76 bits per heavy atom. The van der Waals surface area contributed by atoms with Gasteiger partial charge in [0.1, 0.15) is 22.5 Å². The third kappa shape index (κ3) is 3.25. The normalized spacial score (nSPS) is 11.2. The van der Waals surface area contributed by atoms with Crippen molar-refractivity contribution in [3.05, 3.63) is 69.3 Å². The van der Waals surface area contributed by atoms with E-state index in [-0.39, 0.29) is 17.7 Å². The minimum atomic E-state index is -0.712. The molecule has 2 heterocycles. The largest absolute Gasteiger partial charge is 0.508 e. The minimum Gasteiger partial charge on any atom is -0.508 e. The second-order valence-electron chi connectivity index (χ2n) is 6.57. The molecule has 0 spiro atoms. The number of aromatic nitrogens is 1. The van der Waals surface area contributed by atoms with Gasteiger partial charge in [-0.1, -0.05) is 0 Å². The van der Waals surface area contributed by atoms with E-state index in [1.165, 1.54) is 22.8 Å². The molecular formula is C22H19NO6. The van der Waals surface area contributed by atoms with Gasteiger partial charge in [0, 0.05) is 24.4 Å². The van der Waals surface area contributed by atoms with E-state index < -0.39 is 11.2 Å². The third-order valence-electron chi connectivity index (χ3n) is 4.87. The van der Waals surface area contributed by atoms with Crippen molar-refractivity contribution in [2.45, 2.75) is 6.54 Å². The summed E-state index contributed by atoms with van der Waals surface area (Å²) in [7, 11) is 3.13. The fraction of sp³-hybridized carbons (Fsp3) is 0.182. The summed E-state index contributed by atoms with van der Waals surface area (Å²) in [6, 6.07) is 13.5. The number of nitrogens with zero attached hydrogens (tertiary/aromatic N) is 1. The Morgan fingerprint density at radius 3 is 2.45 bits per heavy atom. The number of hydrogen-bond acceptors (Lipinski definition) is 6. The highest BCUT2D eigenvalue weighted by molar-refractivity contribution is 6.05. The number of ether oxygens (including phenoxy) is 2. The molecule has 0 aliphatic carbocycles. The first kappa shape index (κ1) is 18.8. The first-order valence-corrected chi connectivity index (χ1v) is 9.00. The van der Waals surface area contributed by atoms with Crippen LogP contribution in [0.25, 0.3) is 33.0 Å². The van der Waals surface area contributed by atoms with Gasteiger partial charge < -0.3 is 23.6 Å². The van der Waals surface area contributed by atoms with Crippen LogP contribution >= 0.6 is 0 Å². The van der Waals surface area contributed by atoms with E-state index in [1.54, 1.807) is 32.4 Å². The number of hydrogen-bond donors (Lipinski definition) is 1. The molecular weight excluding hydrogens is 374 g/mol. The number of benzene rings is 2. The number of methoxy groups -OCH3 is 2. The first-order chi connectivity index (χ1) is 14.0. The summed E-state index contributed by atoms with van der Waals surface area (Å²) in [5, 5.41) is 10.8. The van der Waals surface area contributed by atoms with Crippen LogP contribution < -0.4 is 15.9 Å². The number of rotatable bonds is 5. The van der Waals surface area contributed by atoms with Crippen LogP contribution in [0, 0.1) is 0 Å². The number of phenols is 1. The average molecular weight is 393 g/mol. The van der Waals surface area contributed by atoms with E-state index in [4.69, 9.17) is 13.9 Å². The van der Waals surface area contributed by atoms with Gasteiger partial charge in [0.05, 0.1) is 19.4 Å². The summed E-state index contributed by atoms with van der Waals surface area (Å²) in [6.45, 7) is 0.568. The zero-order valence-corrected chi connectivity index (χ0v) is 16.0. The van der Waals surface area contributed by atoms with Crippen molar-refractivity contribution in [1.82, 2.24) is 4.57 Å². The number of fused-ring (bicyclic) bond motifs is 3. The highest BCUT2D eigenvalue weighted by Crippen LogP contribution is 2.29. The van der Waals surface area contributed by atoms with Crippen LogP contribution in [0.1, 0.15) is 0 Å². The molecule has 0 radical (unpaired) electrons. The van der Waals surface area contributed by atoms with Gasteiger partial charge in [-0.25, -0.2) is 4.79 Å². The lowest BCUT2D eigenvalue weighted by Crippen LogP contribution is -2.27. The molecule has 29 heavy (non-hydrogen) atoms. The van der Waals surface area contributed by atoms with Crippen molar-refractivity contribution in [3.8, 4) is 22.8 Å². The van der Waals surface area contributed by atoms with Crippen molar-refractivity contribution in [1.29, 1.82) is 0 Å². The van der Waals surface area contributed by atoms with Gasteiger partial charge in [-0.05, 0) is 54.1 Å². The van der Waals surface area contributed by atoms with E-state index in [2.05, 4.69) is 0 Å². The molecule has 2 aromatic carbocycles. The Hall–Kier alpha value is -3.58. The monoisotopic (exact) mass is 393 g/mol. The van der Waals surface area contributed by atoms with Crippen LogP contribution in [0.4, 0.5) is 0 Å². The molecule has 0 atom stereocenters. The highest BCUT2D eigenvalue weighted by Gasteiger charge is 2.17. The zero-order chi connectivity index (χ0) is 20.5. The van der Waals surface area contributed by atoms with Crippen molar-refractivity contribution in [2.75, 3.05) is 20.8 Å². The Labute approximate surface area is 165 Å². The Balaban J connectivity index is 2.11. The lowest BCUT2D eigenvalue weighted by atomic mass is 10.0. The van der Waals surface area contributed by atoms with E-state index in [0.29, 0.717) is 34.4 Å². The molecule has 0 saturated carbocycles. The molecule has 0 bridgehead atoms. The van der Waals surface area contributed by atoms with Gasteiger partial charge in [-0.15, -0.1) is 0 Å². The topological polar surface area (TPSA) is 90.9 Å². The molecule has 0 aliphatic rings.